The Labute approximate surface area is 159 Å². The minimum atomic E-state index is -0.239. The zero-order valence-corrected chi connectivity index (χ0v) is 15.3. The number of benzene rings is 1. The first-order valence-electron chi connectivity index (χ1n) is 9.39. The molecule has 2 amide bonds. The Bertz CT molecular complexity index is 758. The minimum absolute atomic E-state index is 0.0815. The Balaban J connectivity index is 1.45. The number of nitrogens with one attached hydrogen (secondary N) is 2. The number of hydrogen-bond acceptors (Lipinski definition) is 4. The van der Waals surface area contributed by atoms with Crippen molar-refractivity contribution in [1.82, 2.24) is 15.6 Å². The van der Waals surface area contributed by atoms with E-state index in [-0.39, 0.29) is 17.9 Å². The van der Waals surface area contributed by atoms with Gasteiger partial charge in [-0.25, -0.2) is 0 Å². The van der Waals surface area contributed by atoms with E-state index in [1.54, 1.807) is 6.07 Å². The van der Waals surface area contributed by atoms with Crippen LogP contribution in [0.25, 0.3) is 0 Å². The Morgan fingerprint density at radius 3 is 2.52 bits per heavy atom. The van der Waals surface area contributed by atoms with Crippen LogP contribution in [0.3, 0.4) is 0 Å². The van der Waals surface area contributed by atoms with Crippen LogP contribution in [0.1, 0.15) is 45.5 Å². The summed E-state index contributed by atoms with van der Waals surface area (Å²) in [7, 11) is 0. The van der Waals surface area contributed by atoms with Gasteiger partial charge in [-0.2, -0.15) is 0 Å². The maximum atomic E-state index is 12.3. The summed E-state index contributed by atoms with van der Waals surface area (Å²) < 4.78 is 5.49. The van der Waals surface area contributed by atoms with E-state index in [0.717, 1.165) is 32.3 Å². The molecule has 2 heterocycles. The second kappa shape index (κ2) is 9.83. The fraction of sp³-hybridized carbons (Fsp3) is 0.381. The SMILES string of the molecule is O=C(NCCCc1ccccc1)c1cncc(C(=O)NCC2CCCO2)c1. The Kier molecular flexibility index (Phi) is 6.93. The summed E-state index contributed by atoms with van der Waals surface area (Å²) in [5.41, 5.74) is 2.02. The molecule has 1 aromatic carbocycles. The molecule has 0 spiro atoms. The summed E-state index contributed by atoms with van der Waals surface area (Å²) in [5.74, 6) is -0.457. The highest BCUT2D eigenvalue weighted by atomic mass is 16.5. The normalized spacial score (nSPS) is 16.1. The number of amides is 2. The van der Waals surface area contributed by atoms with Crippen LogP contribution in [0.5, 0.6) is 0 Å². The second-order valence-corrected chi connectivity index (χ2v) is 6.65. The summed E-state index contributed by atoms with van der Waals surface area (Å²) in [4.78, 5) is 28.6. The van der Waals surface area contributed by atoms with Crippen LogP contribution >= 0.6 is 0 Å². The van der Waals surface area contributed by atoms with Gasteiger partial charge < -0.3 is 15.4 Å². The summed E-state index contributed by atoms with van der Waals surface area (Å²) in [6, 6.07) is 11.7. The van der Waals surface area contributed by atoms with E-state index in [0.29, 0.717) is 24.2 Å². The number of pyridine rings is 1. The highest BCUT2D eigenvalue weighted by molar-refractivity contribution is 5.99. The molecule has 1 aliphatic rings. The minimum Gasteiger partial charge on any atom is -0.376 e. The molecule has 1 unspecified atom stereocenters. The molecule has 1 atom stereocenters. The number of carbonyl (C=O) groups excluding carboxylic acids is 2. The average Bonchev–Trinajstić information content (AvgIpc) is 3.24. The third kappa shape index (κ3) is 5.89. The molecule has 0 radical (unpaired) electrons. The molecule has 6 nitrogen and oxygen atoms in total. The summed E-state index contributed by atoms with van der Waals surface area (Å²) in [6.45, 7) is 1.81. The highest BCUT2D eigenvalue weighted by Gasteiger charge is 2.17. The molecule has 0 saturated carbocycles. The fourth-order valence-corrected chi connectivity index (χ4v) is 3.04. The molecular weight excluding hydrogens is 342 g/mol. The number of hydrogen-bond donors (Lipinski definition) is 2. The van der Waals surface area contributed by atoms with E-state index in [1.165, 1.54) is 18.0 Å². The number of nitrogens with zero attached hydrogens (tertiary/aromatic N) is 1. The predicted octanol–water partition coefficient (Wildman–Crippen LogP) is 2.35. The van der Waals surface area contributed by atoms with Crippen molar-refractivity contribution in [2.45, 2.75) is 31.8 Å². The lowest BCUT2D eigenvalue weighted by molar-refractivity contribution is 0.0857. The fourth-order valence-electron chi connectivity index (χ4n) is 3.04. The molecule has 2 aromatic rings. The number of aromatic nitrogens is 1. The van der Waals surface area contributed by atoms with Crippen molar-refractivity contribution < 1.29 is 14.3 Å². The molecule has 1 fully saturated rings. The van der Waals surface area contributed by atoms with Crippen molar-refractivity contribution in [2.75, 3.05) is 19.7 Å². The molecular formula is C21H25N3O3. The molecule has 142 valence electrons. The lowest BCUT2D eigenvalue weighted by Gasteiger charge is -2.11. The molecule has 1 saturated heterocycles. The molecule has 0 aliphatic carbocycles. The van der Waals surface area contributed by atoms with Crippen LogP contribution in [0, 0.1) is 0 Å². The zero-order chi connectivity index (χ0) is 18.9. The molecule has 2 N–H and O–H groups in total. The van der Waals surface area contributed by atoms with Gasteiger partial charge in [0.05, 0.1) is 17.2 Å². The van der Waals surface area contributed by atoms with E-state index in [9.17, 15) is 9.59 Å². The number of carbonyl (C=O) groups is 2. The van der Waals surface area contributed by atoms with E-state index in [4.69, 9.17) is 4.74 Å². The average molecular weight is 367 g/mol. The number of aryl methyl sites for hydroxylation is 1. The van der Waals surface area contributed by atoms with Gasteiger partial charge in [0.2, 0.25) is 0 Å². The van der Waals surface area contributed by atoms with Gasteiger partial charge >= 0.3 is 0 Å². The summed E-state index contributed by atoms with van der Waals surface area (Å²) >= 11 is 0. The van der Waals surface area contributed by atoms with Gasteiger partial charge in [0.25, 0.3) is 11.8 Å². The van der Waals surface area contributed by atoms with Crippen molar-refractivity contribution in [3.8, 4) is 0 Å². The largest absolute Gasteiger partial charge is 0.376 e. The molecule has 1 aliphatic heterocycles. The van der Waals surface area contributed by atoms with E-state index in [1.807, 2.05) is 18.2 Å². The van der Waals surface area contributed by atoms with E-state index >= 15 is 0 Å². The van der Waals surface area contributed by atoms with Crippen LogP contribution in [-0.4, -0.2) is 42.6 Å². The molecule has 27 heavy (non-hydrogen) atoms. The quantitative estimate of drug-likeness (QED) is 0.702. The van der Waals surface area contributed by atoms with Crippen molar-refractivity contribution in [3.05, 3.63) is 65.5 Å². The zero-order valence-electron chi connectivity index (χ0n) is 15.3. The van der Waals surface area contributed by atoms with Crippen molar-refractivity contribution in [2.24, 2.45) is 0 Å². The van der Waals surface area contributed by atoms with Gasteiger partial charge in [-0.05, 0) is 37.3 Å². The highest BCUT2D eigenvalue weighted by Crippen LogP contribution is 2.11. The Hall–Kier alpha value is -2.73. The van der Waals surface area contributed by atoms with Crippen LogP contribution in [0.4, 0.5) is 0 Å². The lowest BCUT2D eigenvalue weighted by Crippen LogP contribution is -2.32. The van der Waals surface area contributed by atoms with Crippen LogP contribution in [0.2, 0.25) is 0 Å². The van der Waals surface area contributed by atoms with Crippen molar-refractivity contribution in [1.29, 1.82) is 0 Å². The van der Waals surface area contributed by atoms with Crippen molar-refractivity contribution >= 4 is 11.8 Å². The van der Waals surface area contributed by atoms with Gasteiger partial charge in [0.1, 0.15) is 0 Å². The topological polar surface area (TPSA) is 80.3 Å². The maximum absolute atomic E-state index is 12.3. The first kappa shape index (κ1) is 19.0. The van der Waals surface area contributed by atoms with Gasteiger partial charge in [0.15, 0.2) is 0 Å². The molecule has 3 rings (SSSR count). The number of ether oxygens (including phenoxy) is 1. The Morgan fingerprint density at radius 1 is 1.07 bits per heavy atom. The third-order valence-electron chi connectivity index (χ3n) is 4.55. The van der Waals surface area contributed by atoms with Crippen LogP contribution < -0.4 is 10.6 Å². The standard InChI is InChI=1S/C21H25N3O3/c25-20(23-10-4-8-16-6-2-1-3-7-16)17-12-18(14-22-13-17)21(26)24-15-19-9-5-11-27-19/h1-3,6-7,12-14,19H,4-5,8-11,15H2,(H,23,25)(H,24,26). The molecule has 6 heteroatoms. The summed E-state index contributed by atoms with van der Waals surface area (Å²) in [6.07, 6.45) is 6.78. The third-order valence-corrected chi connectivity index (χ3v) is 4.55. The van der Waals surface area contributed by atoms with E-state index in [2.05, 4.69) is 27.8 Å². The van der Waals surface area contributed by atoms with Gasteiger partial charge in [-0.1, -0.05) is 30.3 Å². The van der Waals surface area contributed by atoms with E-state index < -0.39 is 0 Å². The first-order chi connectivity index (χ1) is 13.2. The monoisotopic (exact) mass is 367 g/mol. The van der Waals surface area contributed by atoms with Gasteiger partial charge in [-0.3, -0.25) is 14.6 Å². The number of rotatable bonds is 8. The predicted molar refractivity (Wildman–Crippen MR) is 103 cm³/mol. The van der Waals surface area contributed by atoms with Crippen LogP contribution in [0.15, 0.2) is 48.8 Å². The maximum Gasteiger partial charge on any atom is 0.252 e. The lowest BCUT2D eigenvalue weighted by atomic mass is 10.1. The smallest absolute Gasteiger partial charge is 0.252 e. The Morgan fingerprint density at radius 2 is 1.81 bits per heavy atom. The molecule has 1 aromatic heterocycles. The van der Waals surface area contributed by atoms with Gasteiger partial charge in [0, 0.05) is 32.1 Å². The van der Waals surface area contributed by atoms with Crippen LogP contribution in [-0.2, 0) is 11.2 Å². The van der Waals surface area contributed by atoms with Gasteiger partial charge in [-0.15, -0.1) is 0 Å². The summed E-state index contributed by atoms with van der Waals surface area (Å²) in [5, 5.41) is 5.72. The first-order valence-corrected chi connectivity index (χ1v) is 9.39. The molecule has 0 bridgehead atoms. The second-order valence-electron chi connectivity index (χ2n) is 6.65. The van der Waals surface area contributed by atoms with Crippen molar-refractivity contribution in [3.63, 3.8) is 0 Å².